The number of hydrogen-bond donors (Lipinski definition) is 2. The van der Waals surface area contributed by atoms with Crippen LogP contribution in [0.1, 0.15) is 10.4 Å². The molecule has 0 amide bonds. The molecule has 0 radical (unpaired) electrons. The molecule has 0 saturated heterocycles. The van der Waals surface area contributed by atoms with Crippen LogP contribution in [-0.2, 0) is 0 Å². The molecule has 1 aromatic rings. The summed E-state index contributed by atoms with van der Waals surface area (Å²) in [6.45, 7) is 0. The molecule has 0 fully saturated rings. The van der Waals surface area contributed by atoms with Crippen molar-refractivity contribution in [3.05, 3.63) is 28.0 Å². The number of halogens is 3. The van der Waals surface area contributed by atoms with E-state index >= 15 is 0 Å². The molecule has 1 N–H and O–H groups in total. The molecule has 0 aliphatic heterocycles. The summed E-state index contributed by atoms with van der Waals surface area (Å²) >= 11 is 6.79. The molecular formula is C7H5BrClFO2S. The Balaban J connectivity index is 0.00000144. The van der Waals surface area contributed by atoms with Crippen LogP contribution in [0.4, 0.5) is 4.39 Å². The number of aromatic carboxylic acids is 1. The van der Waals surface area contributed by atoms with Gasteiger partial charge in [0.2, 0.25) is 0 Å². The van der Waals surface area contributed by atoms with Crippen LogP contribution >= 0.6 is 41.0 Å². The average Bonchev–Trinajstić information content (AvgIpc) is 1.96. The first kappa shape index (κ1) is 12.7. The zero-order chi connectivity index (χ0) is 9.30. The minimum atomic E-state index is -1.19. The Bertz CT molecular complexity index is 346. The number of carboxylic acid groups (broad SMARTS) is 1. The van der Waals surface area contributed by atoms with E-state index in [1.54, 1.807) is 0 Å². The SMILES string of the molecule is Cl.O=C(O)c1cc(F)c(Br)cc1S. The van der Waals surface area contributed by atoms with Crippen LogP contribution in [-0.4, -0.2) is 11.1 Å². The monoisotopic (exact) mass is 286 g/mol. The summed E-state index contributed by atoms with van der Waals surface area (Å²) in [5.74, 6) is -1.79. The highest BCUT2D eigenvalue weighted by atomic mass is 79.9. The fourth-order valence-electron chi connectivity index (χ4n) is 0.708. The van der Waals surface area contributed by atoms with Crippen LogP contribution in [0.2, 0.25) is 0 Å². The van der Waals surface area contributed by atoms with E-state index in [2.05, 4.69) is 28.6 Å². The van der Waals surface area contributed by atoms with Gasteiger partial charge in [-0.1, -0.05) is 0 Å². The van der Waals surface area contributed by atoms with E-state index in [1.807, 2.05) is 0 Å². The lowest BCUT2D eigenvalue weighted by Gasteiger charge is -2.00. The van der Waals surface area contributed by atoms with Gasteiger partial charge in [0.25, 0.3) is 0 Å². The smallest absolute Gasteiger partial charge is 0.336 e. The number of carbonyl (C=O) groups is 1. The van der Waals surface area contributed by atoms with E-state index in [9.17, 15) is 9.18 Å². The van der Waals surface area contributed by atoms with Gasteiger partial charge >= 0.3 is 5.97 Å². The van der Waals surface area contributed by atoms with Gasteiger partial charge in [-0.05, 0) is 28.1 Å². The highest BCUT2D eigenvalue weighted by molar-refractivity contribution is 9.10. The fraction of sp³-hybridized carbons (Fsp3) is 0. The van der Waals surface area contributed by atoms with Gasteiger partial charge in [-0.25, -0.2) is 9.18 Å². The molecule has 0 unspecified atom stereocenters. The van der Waals surface area contributed by atoms with Crippen molar-refractivity contribution in [3.63, 3.8) is 0 Å². The van der Waals surface area contributed by atoms with Crippen LogP contribution in [0.15, 0.2) is 21.5 Å². The quantitative estimate of drug-likeness (QED) is 0.779. The zero-order valence-corrected chi connectivity index (χ0v) is 9.42. The predicted octanol–water partition coefficient (Wildman–Crippen LogP) is 3.00. The minimum absolute atomic E-state index is 0. The molecule has 0 spiro atoms. The Morgan fingerprint density at radius 2 is 2.08 bits per heavy atom. The Labute approximate surface area is 94.1 Å². The van der Waals surface area contributed by atoms with Gasteiger partial charge in [0.1, 0.15) is 5.82 Å². The van der Waals surface area contributed by atoms with E-state index in [-0.39, 0.29) is 27.3 Å². The lowest BCUT2D eigenvalue weighted by Crippen LogP contribution is -1.98. The van der Waals surface area contributed by atoms with Gasteiger partial charge < -0.3 is 5.11 Å². The van der Waals surface area contributed by atoms with Gasteiger partial charge in [-0.3, -0.25) is 0 Å². The molecular weight excluding hydrogens is 282 g/mol. The number of thiol groups is 1. The maximum absolute atomic E-state index is 12.8. The Hall–Kier alpha value is -0.260. The molecule has 72 valence electrons. The third-order valence-corrected chi connectivity index (χ3v) is 2.25. The van der Waals surface area contributed by atoms with E-state index in [1.165, 1.54) is 6.07 Å². The van der Waals surface area contributed by atoms with Crippen LogP contribution in [0.5, 0.6) is 0 Å². The number of benzene rings is 1. The minimum Gasteiger partial charge on any atom is -0.478 e. The summed E-state index contributed by atoms with van der Waals surface area (Å²) < 4.78 is 13.0. The molecule has 0 atom stereocenters. The normalized spacial score (nSPS) is 9.15. The predicted molar refractivity (Wildman–Crippen MR) is 55.6 cm³/mol. The summed E-state index contributed by atoms with van der Waals surface area (Å²) in [5, 5.41) is 8.55. The number of carboxylic acids is 1. The molecule has 1 rings (SSSR count). The first-order valence-corrected chi connectivity index (χ1v) is 4.17. The molecule has 13 heavy (non-hydrogen) atoms. The highest BCUT2D eigenvalue weighted by Gasteiger charge is 2.11. The van der Waals surface area contributed by atoms with E-state index in [0.717, 1.165) is 6.07 Å². The average molecular weight is 288 g/mol. The van der Waals surface area contributed by atoms with Crippen molar-refractivity contribution in [1.82, 2.24) is 0 Å². The second-order valence-electron chi connectivity index (χ2n) is 2.09. The topological polar surface area (TPSA) is 37.3 Å². The van der Waals surface area contributed by atoms with Crippen molar-refractivity contribution in [2.75, 3.05) is 0 Å². The molecule has 0 heterocycles. The molecule has 0 aliphatic rings. The summed E-state index contributed by atoms with van der Waals surface area (Å²) in [5.41, 5.74) is -0.140. The van der Waals surface area contributed by atoms with E-state index in [4.69, 9.17) is 5.11 Å². The first-order chi connectivity index (χ1) is 5.52. The summed E-state index contributed by atoms with van der Waals surface area (Å²) in [6.07, 6.45) is 0. The lowest BCUT2D eigenvalue weighted by molar-refractivity contribution is 0.0692. The summed E-state index contributed by atoms with van der Waals surface area (Å²) in [7, 11) is 0. The van der Waals surface area contributed by atoms with E-state index in [0.29, 0.717) is 0 Å². The largest absolute Gasteiger partial charge is 0.478 e. The molecule has 0 aliphatic carbocycles. The van der Waals surface area contributed by atoms with Crippen molar-refractivity contribution >= 4 is 46.9 Å². The molecule has 1 aromatic carbocycles. The second-order valence-corrected chi connectivity index (χ2v) is 3.42. The Morgan fingerprint density at radius 3 is 2.54 bits per heavy atom. The fourth-order valence-corrected chi connectivity index (χ4v) is 1.52. The van der Waals surface area contributed by atoms with Gasteiger partial charge in [0.05, 0.1) is 10.0 Å². The number of rotatable bonds is 1. The van der Waals surface area contributed by atoms with Gasteiger partial charge in [0.15, 0.2) is 0 Å². The van der Waals surface area contributed by atoms with Gasteiger partial charge in [-0.2, -0.15) is 0 Å². The van der Waals surface area contributed by atoms with Crippen LogP contribution in [0.25, 0.3) is 0 Å². The van der Waals surface area contributed by atoms with Crippen molar-refractivity contribution in [2.45, 2.75) is 4.90 Å². The standard InChI is InChI=1S/C7H4BrFO2S.ClH/c8-4-2-6(12)3(7(10)11)1-5(4)9;/h1-2,12H,(H,10,11);1H. The molecule has 6 heteroatoms. The van der Waals surface area contributed by atoms with E-state index < -0.39 is 11.8 Å². The maximum Gasteiger partial charge on any atom is 0.336 e. The zero-order valence-electron chi connectivity index (χ0n) is 6.12. The van der Waals surface area contributed by atoms with Crippen molar-refractivity contribution in [1.29, 1.82) is 0 Å². The van der Waals surface area contributed by atoms with Gasteiger partial charge in [-0.15, -0.1) is 25.0 Å². The van der Waals surface area contributed by atoms with Crippen LogP contribution < -0.4 is 0 Å². The summed E-state index contributed by atoms with van der Waals surface area (Å²) in [6, 6.07) is 2.23. The Morgan fingerprint density at radius 1 is 1.54 bits per heavy atom. The number of hydrogen-bond acceptors (Lipinski definition) is 2. The third kappa shape index (κ3) is 2.86. The molecule has 0 bridgehead atoms. The van der Waals surface area contributed by atoms with Crippen molar-refractivity contribution in [2.24, 2.45) is 0 Å². The van der Waals surface area contributed by atoms with Crippen LogP contribution in [0, 0.1) is 5.82 Å². The molecule has 0 aromatic heterocycles. The van der Waals surface area contributed by atoms with Gasteiger partial charge in [0, 0.05) is 4.90 Å². The van der Waals surface area contributed by atoms with Crippen molar-refractivity contribution in [3.8, 4) is 0 Å². The first-order valence-electron chi connectivity index (χ1n) is 2.93. The molecule has 0 saturated carbocycles. The lowest BCUT2D eigenvalue weighted by atomic mass is 10.2. The summed E-state index contributed by atoms with van der Waals surface area (Å²) in [4.78, 5) is 10.7. The maximum atomic E-state index is 12.8. The third-order valence-electron chi connectivity index (χ3n) is 1.27. The molecule has 2 nitrogen and oxygen atoms in total. The van der Waals surface area contributed by atoms with Crippen LogP contribution in [0.3, 0.4) is 0 Å². The second kappa shape index (κ2) is 4.83. The Kier molecular flexibility index (Phi) is 4.74. The van der Waals surface area contributed by atoms with Crippen molar-refractivity contribution < 1.29 is 14.3 Å². The highest BCUT2D eigenvalue weighted by Crippen LogP contribution is 2.23.